The molecule has 0 aromatic heterocycles. The third-order valence-corrected chi connectivity index (χ3v) is 4.15. The molecule has 0 fully saturated rings. The monoisotopic (exact) mass is 275 g/mol. The molecule has 1 aromatic rings. The molecule has 0 saturated carbocycles. The fourth-order valence-corrected chi connectivity index (χ4v) is 2.97. The lowest BCUT2D eigenvalue weighted by atomic mass is 9.83. The van der Waals surface area contributed by atoms with Crippen LogP contribution in [0.3, 0.4) is 0 Å². The zero-order valence-electron chi connectivity index (χ0n) is 13.4. The molecule has 0 amide bonds. The normalized spacial score (nSPS) is 20.1. The van der Waals surface area contributed by atoms with Crippen LogP contribution in [-0.2, 0) is 6.42 Å². The summed E-state index contributed by atoms with van der Waals surface area (Å²) in [7, 11) is 0. The summed E-state index contributed by atoms with van der Waals surface area (Å²) >= 11 is 0. The summed E-state index contributed by atoms with van der Waals surface area (Å²) in [4.78, 5) is 0. The predicted molar refractivity (Wildman–Crippen MR) is 85.3 cm³/mol. The third-order valence-electron chi connectivity index (χ3n) is 4.15. The molecule has 2 heteroatoms. The second kappa shape index (κ2) is 6.62. The van der Waals surface area contributed by atoms with Crippen LogP contribution in [-0.4, -0.2) is 19.2 Å². The number of ether oxygens (including phenoxy) is 1. The van der Waals surface area contributed by atoms with E-state index < -0.39 is 0 Å². The summed E-state index contributed by atoms with van der Waals surface area (Å²) in [6.07, 6.45) is 3.62. The highest BCUT2D eigenvalue weighted by Gasteiger charge is 2.27. The Morgan fingerprint density at radius 3 is 2.75 bits per heavy atom. The lowest BCUT2D eigenvalue weighted by Gasteiger charge is -2.33. The van der Waals surface area contributed by atoms with Crippen molar-refractivity contribution in [1.29, 1.82) is 0 Å². The number of nitrogens with one attached hydrogen (secondary N) is 1. The van der Waals surface area contributed by atoms with E-state index >= 15 is 0 Å². The lowest BCUT2D eigenvalue weighted by Crippen LogP contribution is -2.42. The Hall–Kier alpha value is -1.02. The minimum absolute atomic E-state index is 0.404. The zero-order chi connectivity index (χ0) is 14.6. The highest BCUT2D eigenvalue weighted by molar-refractivity contribution is 5.35. The molecule has 2 unspecified atom stereocenters. The van der Waals surface area contributed by atoms with Gasteiger partial charge in [-0.3, -0.25) is 0 Å². The van der Waals surface area contributed by atoms with E-state index in [0.29, 0.717) is 17.4 Å². The summed E-state index contributed by atoms with van der Waals surface area (Å²) < 4.78 is 5.96. The second-order valence-corrected chi connectivity index (χ2v) is 7.15. The predicted octanol–water partition coefficient (Wildman–Crippen LogP) is 4.04. The van der Waals surface area contributed by atoms with E-state index in [4.69, 9.17) is 4.74 Å². The molecular weight excluding hydrogens is 246 g/mol. The Labute approximate surface area is 123 Å². The molecule has 2 rings (SSSR count). The van der Waals surface area contributed by atoms with Gasteiger partial charge in [0.15, 0.2) is 0 Å². The number of hydrogen-bond donors (Lipinski definition) is 1. The number of hydrogen-bond acceptors (Lipinski definition) is 2. The first-order valence-corrected chi connectivity index (χ1v) is 7.93. The first-order valence-electron chi connectivity index (χ1n) is 7.93. The summed E-state index contributed by atoms with van der Waals surface area (Å²) in [5.41, 5.74) is 1.77. The molecular formula is C18H29NO. The summed E-state index contributed by atoms with van der Waals surface area (Å²) in [5.74, 6) is 1.67. The maximum Gasteiger partial charge on any atom is 0.122 e. The Balaban J connectivity index is 2.00. The molecule has 1 aromatic carbocycles. The second-order valence-electron chi connectivity index (χ2n) is 7.15. The average molecular weight is 275 g/mol. The van der Waals surface area contributed by atoms with E-state index in [1.807, 2.05) is 0 Å². The minimum atomic E-state index is 0.404. The van der Waals surface area contributed by atoms with Crippen LogP contribution in [0.4, 0.5) is 0 Å². The lowest BCUT2D eigenvalue weighted by molar-refractivity contribution is 0.171. The van der Waals surface area contributed by atoms with Crippen molar-refractivity contribution in [2.45, 2.75) is 53.0 Å². The van der Waals surface area contributed by atoms with Gasteiger partial charge in [0, 0.05) is 12.0 Å². The number of fused-ring (bicyclic) bond motifs is 1. The molecule has 2 atom stereocenters. The van der Waals surface area contributed by atoms with Gasteiger partial charge in [0.25, 0.3) is 0 Å². The van der Waals surface area contributed by atoms with E-state index in [1.165, 1.54) is 18.4 Å². The van der Waals surface area contributed by atoms with E-state index in [1.54, 1.807) is 0 Å². The Morgan fingerprint density at radius 1 is 1.30 bits per heavy atom. The van der Waals surface area contributed by atoms with Gasteiger partial charge in [0.05, 0.1) is 6.61 Å². The summed E-state index contributed by atoms with van der Waals surface area (Å²) in [5, 5.41) is 3.68. The van der Waals surface area contributed by atoms with Gasteiger partial charge in [0.1, 0.15) is 5.75 Å². The Bertz CT molecular complexity index is 422. The van der Waals surface area contributed by atoms with Crippen molar-refractivity contribution in [3.63, 3.8) is 0 Å². The molecule has 20 heavy (non-hydrogen) atoms. The zero-order valence-corrected chi connectivity index (χ0v) is 13.4. The molecule has 0 radical (unpaired) electrons. The van der Waals surface area contributed by atoms with Crippen LogP contribution in [0, 0.1) is 11.3 Å². The Morgan fingerprint density at radius 2 is 2.05 bits per heavy atom. The summed E-state index contributed by atoms with van der Waals surface area (Å²) in [6.45, 7) is 11.0. The van der Waals surface area contributed by atoms with Gasteiger partial charge in [-0.1, -0.05) is 45.9 Å². The van der Waals surface area contributed by atoms with Crippen LogP contribution < -0.4 is 10.1 Å². The van der Waals surface area contributed by atoms with Crippen molar-refractivity contribution in [3.05, 3.63) is 29.8 Å². The third kappa shape index (κ3) is 4.24. The Kier molecular flexibility index (Phi) is 5.09. The van der Waals surface area contributed by atoms with Gasteiger partial charge in [-0.2, -0.15) is 0 Å². The van der Waals surface area contributed by atoms with Gasteiger partial charge in [-0.05, 0) is 42.9 Å². The molecule has 1 aliphatic rings. The van der Waals surface area contributed by atoms with Gasteiger partial charge in [-0.15, -0.1) is 0 Å². The largest absolute Gasteiger partial charge is 0.493 e. The van der Waals surface area contributed by atoms with Crippen LogP contribution >= 0.6 is 0 Å². The molecule has 2 nitrogen and oxygen atoms in total. The molecule has 0 spiro atoms. The average Bonchev–Trinajstić information content (AvgIpc) is 2.42. The first kappa shape index (κ1) is 15.4. The molecule has 0 saturated heterocycles. The molecule has 112 valence electrons. The number of benzene rings is 1. The fourth-order valence-electron chi connectivity index (χ4n) is 2.97. The van der Waals surface area contributed by atoms with Crippen LogP contribution in [0.1, 0.15) is 46.1 Å². The molecule has 0 aliphatic carbocycles. The van der Waals surface area contributed by atoms with E-state index in [9.17, 15) is 0 Å². The highest BCUT2D eigenvalue weighted by atomic mass is 16.5. The van der Waals surface area contributed by atoms with Crippen LogP contribution in [0.25, 0.3) is 0 Å². The summed E-state index contributed by atoms with van der Waals surface area (Å²) in [6, 6.07) is 9.02. The van der Waals surface area contributed by atoms with Crippen LogP contribution in [0.15, 0.2) is 24.3 Å². The van der Waals surface area contributed by atoms with Crippen molar-refractivity contribution in [3.8, 4) is 5.75 Å². The number of para-hydroxylation sites is 1. The number of rotatable bonds is 5. The van der Waals surface area contributed by atoms with Crippen molar-refractivity contribution in [2.24, 2.45) is 11.3 Å². The van der Waals surface area contributed by atoms with Crippen molar-refractivity contribution >= 4 is 0 Å². The quantitative estimate of drug-likeness (QED) is 0.875. The smallest absolute Gasteiger partial charge is 0.122 e. The van der Waals surface area contributed by atoms with Crippen molar-refractivity contribution in [2.75, 3.05) is 13.2 Å². The molecule has 1 N–H and O–H groups in total. The van der Waals surface area contributed by atoms with Gasteiger partial charge < -0.3 is 10.1 Å². The van der Waals surface area contributed by atoms with Crippen molar-refractivity contribution < 1.29 is 4.74 Å². The van der Waals surface area contributed by atoms with Crippen LogP contribution in [0.5, 0.6) is 5.75 Å². The molecule has 1 aliphatic heterocycles. The van der Waals surface area contributed by atoms with E-state index in [2.05, 4.69) is 57.3 Å². The first-order chi connectivity index (χ1) is 9.49. The maximum atomic E-state index is 5.96. The van der Waals surface area contributed by atoms with Crippen molar-refractivity contribution in [1.82, 2.24) is 5.32 Å². The molecule has 1 heterocycles. The van der Waals surface area contributed by atoms with Gasteiger partial charge >= 0.3 is 0 Å². The minimum Gasteiger partial charge on any atom is -0.493 e. The standard InChI is InChI=1S/C18H29NO/c1-5-19-16(10-11-18(2,3)4)15-12-14-8-6-7-9-17(14)20-13-15/h6-9,15-16,19H,5,10-13H2,1-4H3. The van der Waals surface area contributed by atoms with Gasteiger partial charge in [0.2, 0.25) is 0 Å². The molecule has 0 bridgehead atoms. The van der Waals surface area contributed by atoms with Gasteiger partial charge in [-0.25, -0.2) is 0 Å². The maximum absolute atomic E-state index is 5.96. The highest BCUT2D eigenvalue weighted by Crippen LogP contribution is 2.31. The van der Waals surface area contributed by atoms with Crippen LogP contribution in [0.2, 0.25) is 0 Å². The van der Waals surface area contributed by atoms with E-state index in [0.717, 1.165) is 25.3 Å². The van der Waals surface area contributed by atoms with E-state index in [-0.39, 0.29) is 0 Å². The fraction of sp³-hybridized carbons (Fsp3) is 0.667. The topological polar surface area (TPSA) is 21.3 Å². The SMILES string of the molecule is CCNC(CCC(C)(C)C)C1COc2ccccc2C1.